The third-order valence-corrected chi connectivity index (χ3v) is 7.73. The minimum atomic E-state index is -0.804. The summed E-state index contributed by atoms with van der Waals surface area (Å²) in [7, 11) is 0. The molecule has 0 aliphatic carbocycles. The molecule has 258 valence electrons. The average Bonchev–Trinajstić information content (AvgIpc) is 3.34. The van der Waals surface area contributed by atoms with Gasteiger partial charge in [-0.1, -0.05) is 29.8 Å². The SMILES string of the molecule is C=C(CNC(=O)CS)NCC(=O)NCC(=O)N(OCCNCCOS)C(=O)Cc1c(C)n(C(=O)c2ccc(Cl)cc2)c2ccc(C)cc12. The maximum absolute atomic E-state index is 13.7. The first-order valence-corrected chi connectivity index (χ1v) is 16.3. The lowest BCUT2D eigenvalue weighted by atomic mass is 10.1. The van der Waals surface area contributed by atoms with Gasteiger partial charge in [-0.2, -0.15) is 17.7 Å². The summed E-state index contributed by atoms with van der Waals surface area (Å²) in [5.41, 5.74) is 3.36. The number of thiol groups is 2. The number of rotatable bonds is 18. The van der Waals surface area contributed by atoms with Crippen molar-refractivity contribution in [3.63, 3.8) is 0 Å². The zero-order valence-electron chi connectivity index (χ0n) is 26.6. The molecule has 0 fully saturated rings. The molecular formula is C32H39ClN6O7S2. The number of nitrogens with zero attached hydrogens (tertiary/aromatic N) is 2. The van der Waals surface area contributed by atoms with Crippen LogP contribution >= 0.6 is 37.1 Å². The summed E-state index contributed by atoms with van der Waals surface area (Å²) in [6.07, 6.45) is -0.271. The molecule has 2 aromatic carbocycles. The van der Waals surface area contributed by atoms with Crippen LogP contribution in [0.25, 0.3) is 10.9 Å². The van der Waals surface area contributed by atoms with Crippen molar-refractivity contribution in [3.8, 4) is 0 Å². The van der Waals surface area contributed by atoms with Gasteiger partial charge in [-0.05, 0) is 68.7 Å². The van der Waals surface area contributed by atoms with Gasteiger partial charge < -0.3 is 25.5 Å². The molecule has 48 heavy (non-hydrogen) atoms. The second-order valence-electron chi connectivity index (χ2n) is 10.6. The number of hydrogen-bond acceptors (Lipinski definition) is 11. The van der Waals surface area contributed by atoms with Gasteiger partial charge in [-0.15, -0.1) is 0 Å². The molecule has 3 aromatic rings. The number of carbonyl (C=O) groups is 5. The van der Waals surface area contributed by atoms with Gasteiger partial charge in [0.2, 0.25) is 11.8 Å². The quantitative estimate of drug-likeness (QED) is 0.0502. The van der Waals surface area contributed by atoms with E-state index in [1.807, 2.05) is 25.1 Å². The van der Waals surface area contributed by atoms with Gasteiger partial charge in [0.15, 0.2) is 0 Å². The van der Waals surface area contributed by atoms with Crippen molar-refractivity contribution in [2.45, 2.75) is 20.3 Å². The predicted octanol–water partition coefficient (Wildman–Crippen LogP) is 2.15. The number of benzene rings is 2. The molecule has 0 atom stereocenters. The molecule has 0 aliphatic heterocycles. The summed E-state index contributed by atoms with van der Waals surface area (Å²) in [6.45, 7) is 7.71. The minimum absolute atomic E-state index is 0.0100. The smallest absolute Gasteiger partial charge is 0.272 e. The Hall–Kier alpha value is -3.86. The highest BCUT2D eigenvalue weighted by Crippen LogP contribution is 2.29. The third kappa shape index (κ3) is 11.1. The summed E-state index contributed by atoms with van der Waals surface area (Å²) in [5, 5.41) is 12.6. The number of aromatic nitrogens is 1. The van der Waals surface area contributed by atoms with Crippen LogP contribution in [0.4, 0.5) is 0 Å². The van der Waals surface area contributed by atoms with Crippen molar-refractivity contribution in [1.29, 1.82) is 0 Å². The maximum atomic E-state index is 13.7. The molecule has 0 bridgehead atoms. The Labute approximate surface area is 294 Å². The van der Waals surface area contributed by atoms with Crippen LogP contribution in [0.3, 0.4) is 0 Å². The highest BCUT2D eigenvalue weighted by Gasteiger charge is 2.27. The van der Waals surface area contributed by atoms with Crippen molar-refractivity contribution < 1.29 is 33.0 Å². The molecule has 0 spiro atoms. The van der Waals surface area contributed by atoms with Crippen LogP contribution in [0.5, 0.6) is 0 Å². The lowest BCUT2D eigenvalue weighted by Crippen LogP contribution is -2.46. The summed E-state index contributed by atoms with van der Waals surface area (Å²) in [6, 6.07) is 12.1. The first-order chi connectivity index (χ1) is 23.0. The number of carbonyl (C=O) groups excluding carboxylic acids is 5. The largest absolute Gasteiger partial charge is 0.379 e. The monoisotopic (exact) mass is 718 g/mol. The Morgan fingerprint density at radius 1 is 0.896 bits per heavy atom. The molecule has 3 rings (SSSR count). The van der Waals surface area contributed by atoms with Crippen molar-refractivity contribution in [2.24, 2.45) is 0 Å². The zero-order chi connectivity index (χ0) is 35.2. The molecular weight excluding hydrogens is 680 g/mol. The van der Waals surface area contributed by atoms with Gasteiger partial charge in [0.1, 0.15) is 0 Å². The molecule has 4 N–H and O–H groups in total. The molecule has 1 aromatic heterocycles. The second kappa shape index (κ2) is 19.2. The normalized spacial score (nSPS) is 10.9. The van der Waals surface area contributed by atoms with Crippen molar-refractivity contribution in [1.82, 2.24) is 30.9 Å². The van der Waals surface area contributed by atoms with Crippen LogP contribution in [-0.2, 0) is 34.6 Å². The summed E-state index contributed by atoms with van der Waals surface area (Å²) in [4.78, 5) is 70.1. The second-order valence-corrected chi connectivity index (χ2v) is 11.6. The van der Waals surface area contributed by atoms with Gasteiger partial charge >= 0.3 is 0 Å². The molecule has 1 heterocycles. The van der Waals surface area contributed by atoms with E-state index in [4.69, 9.17) is 20.6 Å². The standard InChI is InChI=1S/C32H39ClN6O7S2/c1-20-4-9-27-26(14-20)25(22(3)38(27)32(44)23-5-7-24(33)8-6-23)15-30(42)39(45-12-10-34-11-13-46-48)31(43)18-37-28(40)17-35-21(2)16-36-29(41)19-47/h4-9,14,34-35,47-48H,2,10-13,15-19H2,1,3H3,(H,36,41)(H,37,40). The van der Waals surface area contributed by atoms with E-state index in [2.05, 4.69) is 53.4 Å². The third-order valence-electron chi connectivity index (χ3n) is 7.01. The molecule has 0 saturated heterocycles. The van der Waals surface area contributed by atoms with Crippen molar-refractivity contribution in [2.75, 3.05) is 51.7 Å². The number of hydrogen-bond donors (Lipinski definition) is 6. The van der Waals surface area contributed by atoms with E-state index < -0.39 is 24.3 Å². The van der Waals surface area contributed by atoms with Gasteiger partial charge in [0, 0.05) is 40.5 Å². The molecule has 0 aliphatic rings. The Kier molecular flexibility index (Phi) is 15.4. The van der Waals surface area contributed by atoms with Crippen molar-refractivity contribution >= 4 is 77.6 Å². The number of amides is 4. The molecule has 0 unspecified atom stereocenters. The number of hydroxylamine groups is 2. The number of imide groups is 1. The Morgan fingerprint density at radius 3 is 2.27 bits per heavy atom. The fourth-order valence-corrected chi connectivity index (χ4v) is 4.93. The molecule has 4 amide bonds. The van der Waals surface area contributed by atoms with E-state index in [0.29, 0.717) is 56.7 Å². The maximum Gasteiger partial charge on any atom is 0.272 e. The fourth-order valence-electron chi connectivity index (χ4n) is 4.60. The summed E-state index contributed by atoms with van der Waals surface area (Å²) >= 11 is 13.6. The zero-order valence-corrected chi connectivity index (χ0v) is 29.2. The predicted molar refractivity (Wildman–Crippen MR) is 189 cm³/mol. The Balaban J connectivity index is 1.78. The first kappa shape index (κ1) is 38.6. The molecule has 16 heteroatoms. The Bertz CT molecular complexity index is 1650. The van der Waals surface area contributed by atoms with E-state index in [1.165, 1.54) is 4.57 Å². The van der Waals surface area contributed by atoms with Gasteiger partial charge in [-0.25, -0.2) is 0 Å². The van der Waals surface area contributed by atoms with E-state index in [0.717, 1.165) is 5.56 Å². The van der Waals surface area contributed by atoms with Crippen LogP contribution in [0.2, 0.25) is 5.02 Å². The molecule has 0 saturated carbocycles. The minimum Gasteiger partial charge on any atom is -0.379 e. The summed E-state index contributed by atoms with van der Waals surface area (Å²) < 4.78 is 6.24. The van der Waals surface area contributed by atoms with Crippen molar-refractivity contribution in [3.05, 3.63) is 82.1 Å². The van der Waals surface area contributed by atoms with Crippen LogP contribution < -0.4 is 21.3 Å². The lowest BCUT2D eigenvalue weighted by Gasteiger charge is -2.21. The highest BCUT2D eigenvalue weighted by atomic mass is 35.5. The van der Waals surface area contributed by atoms with Crippen LogP contribution in [0.1, 0.15) is 27.2 Å². The van der Waals surface area contributed by atoms with Crippen LogP contribution in [-0.4, -0.2) is 90.9 Å². The molecule has 0 radical (unpaired) electrons. The number of aryl methyl sites for hydroxylation is 1. The van der Waals surface area contributed by atoms with E-state index in [9.17, 15) is 24.0 Å². The first-order valence-electron chi connectivity index (χ1n) is 14.9. The average molecular weight is 719 g/mol. The van der Waals surface area contributed by atoms with E-state index in [-0.39, 0.29) is 50.2 Å². The number of halogens is 1. The van der Waals surface area contributed by atoms with E-state index >= 15 is 0 Å². The molecule has 13 nitrogen and oxygen atoms in total. The topological polar surface area (TPSA) is 160 Å². The van der Waals surface area contributed by atoms with Crippen LogP contribution in [0, 0.1) is 13.8 Å². The van der Waals surface area contributed by atoms with Gasteiger partial charge in [0.25, 0.3) is 17.7 Å². The van der Waals surface area contributed by atoms with Gasteiger partial charge in [-0.3, -0.25) is 33.4 Å². The van der Waals surface area contributed by atoms with Crippen LogP contribution in [0.15, 0.2) is 54.7 Å². The Morgan fingerprint density at radius 2 is 1.58 bits per heavy atom. The van der Waals surface area contributed by atoms with Gasteiger partial charge in [0.05, 0.1) is 50.5 Å². The highest BCUT2D eigenvalue weighted by molar-refractivity contribution is 7.81. The van der Waals surface area contributed by atoms with E-state index in [1.54, 1.807) is 31.2 Å². The number of fused-ring (bicyclic) bond motifs is 1. The lowest BCUT2D eigenvalue weighted by molar-refractivity contribution is -0.194. The summed E-state index contributed by atoms with van der Waals surface area (Å²) in [5.74, 6) is -2.64. The number of nitrogens with one attached hydrogen (secondary N) is 4. The fraction of sp³-hybridized carbons (Fsp3) is 0.344.